The molecular formula is C10H17N. The molecule has 0 unspecified atom stereocenters. The third kappa shape index (κ3) is 3.08. The lowest BCUT2D eigenvalue weighted by atomic mass is 10.0. The van der Waals surface area contributed by atoms with Gasteiger partial charge in [-0.25, -0.2) is 0 Å². The molecule has 2 N–H and O–H groups in total. The van der Waals surface area contributed by atoms with Crippen molar-refractivity contribution in [1.29, 1.82) is 0 Å². The van der Waals surface area contributed by atoms with Gasteiger partial charge in [-0.1, -0.05) is 25.2 Å². The molecule has 1 heteroatoms. The average Bonchev–Trinajstić information content (AvgIpc) is 1.88. The van der Waals surface area contributed by atoms with Gasteiger partial charge in [0.25, 0.3) is 0 Å². The third-order valence-corrected chi connectivity index (χ3v) is 1.56. The van der Waals surface area contributed by atoms with Crippen molar-refractivity contribution in [3.8, 4) is 0 Å². The Morgan fingerprint density at radius 3 is 2.36 bits per heavy atom. The van der Waals surface area contributed by atoms with Crippen molar-refractivity contribution in [3.63, 3.8) is 0 Å². The first-order valence-corrected chi connectivity index (χ1v) is 3.90. The van der Waals surface area contributed by atoms with Crippen LogP contribution >= 0.6 is 0 Å². The molecule has 62 valence electrons. The van der Waals surface area contributed by atoms with Gasteiger partial charge in [0.15, 0.2) is 0 Å². The molecule has 0 rings (SSSR count). The zero-order valence-corrected chi connectivity index (χ0v) is 7.65. The summed E-state index contributed by atoms with van der Waals surface area (Å²) in [6.07, 6.45) is 4.80. The number of hydrogen-bond acceptors (Lipinski definition) is 1. The highest BCUT2D eigenvalue weighted by molar-refractivity contribution is 5.35. The van der Waals surface area contributed by atoms with E-state index < -0.39 is 0 Å². The minimum absolute atomic E-state index is 0.836. The molecular weight excluding hydrogens is 134 g/mol. The predicted octanol–water partition coefficient (Wildman–Crippen LogP) is 2.76. The van der Waals surface area contributed by atoms with E-state index in [1.54, 1.807) is 0 Å². The van der Waals surface area contributed by atoms with Crippen LogP contribution in [0.2, 0.25) is 0 Å². The van der Waals surface area contributed by atoms with Gasteiger partial charge in [0.05, 0.1) is 0 Å². The van der Waals surface area contributed by atoms with Crippen LogP contribution in [0.15, 0.2) is 35.6 Å². The summed E-state index contributed by atoms with van der Waals surface area (Å²) in [5, 5.41) is 0. The molecule has 0 heterocycles. The van der Waals surface area contributed by atoms with Gasteiger partial charge in [0.1, 0.15) is 0 Å². The van der Waals surface area contributed by atoms with Gasteiger partial charge in [-0.15, -0.1) is 0 Å². The molecule has 1 nitrogen and oxygen atoms in total. The molecule has 0 fully saturated rings. The van der Waals surface area contributed by atoms with Gasteiger partial charge in [0, 0.05) is 5.70 Å². The van der Waals surface area contributed by atoms with Crippen LogP contribution in [-0.2, 0) is 0 Å². The first-order chi connectivity index (χ1) is 5.13. The van der Waals surface area contributed by atoms with E-state index >= 15 is 0 Å². The Balaban J connectivity index is 4.67. The molecule has 0 saturated carbocycles. The monoisotopic (exact) mass is 151 g/mol. The van der Waals surface area contributed by atoms with E-state index in [-0.39, 0.29) is 0 Å². The van der Waals surface area contributed by atoms with Gasteiger partial charge in [-0.3, -0.25) is 0 Å². The summed E-state index contributed by atoms with van der Waals surface area (Å²) in [5.41, 5.74) is 8.82. The molecule has 0 aromatic heterocycles. The normalized spacial score (nSPS) is 13.4. The van der Waals surface area contributed by atoms with E-state index in [0.717, 1.165) is 23.3 Å². The quantitative estimate of drug-likeness (QED) is 0.617. The largest absolute Gasteiger partial charge is 0.399 e. The van der Waals surface area contributed by atoms with Crippen LogP contribution in [0.3, 0.4) is 0 Å². The standard InChI is InChI=1S/C10H17N/c1-5-7-10(11)9(6-2)8(3)4/h5,7H,3,6,11H2,1-2,4H3/b7-5-,10-9+. The summed E-state index contributed by atoms with van der Waals surface area (Å²) in [4.78, 5) is 0. The topological polar surface area (TPSA) is 26.0 Å². The summed E-state index contributed by atoms with van der Waals surface area (Å²) in [6.45, 7) is 9.88. The minimum atomic E-state index is 0.836. The zero-order chi connectivity index (χ0) is 8.85. The highest BCUT2D eigenvalue weighted by Crippen LogP contribution is 2.13. The smallest absolute Gasteiger partial charge is 0.0345 e. The van der Waals surface area contributed by atoms with Crippen molar-refractivity contribution >= 4 is 0 Å². The van der Waals surface area contributed by atoms with Crippen molar-refractivity contribution in [2.75, 3.05) is 0 Å². The molecule has 0 aliphatic heterocycles. The molecule has 0 aromatic carbocycles. The SMILES string of the molecule is C=C(C)/C(CC)=C(N)\C=C/C. The van der Waals surface area contributed by atoms with Crippen LogP contribution in [0.1, 0.15) is 27.2 Å². The highest BCUT2D eigenvalue weighted by atomic mass is 14.6. The molecule has 0 spiro atoms. The summed E-state index contributed by atoms with van der Waals surface area (Å²) >= 11 is 0. The molecule has 0 atom stereocenters. The molecule has 0 aliphatic rings. The molecule has 0 saturated heterocycles. The van der Waals surface area contributed by atoms with Gasteiger partial charge < -0.3 is 5.73 Å². The van der Waals surface area contributed by atoms with E-state index in [4.69, 9.17) is 5.73 Å². The second kappa shape index (κ2) is 4.78. The second-order valence-electron chi connectivity index (χ2n) is 2.57. The average molecular weight is 151 g/mol. The summed E-state index contributed by atoms with van der Waals surface area (Å²) in [6, 6.07) is 0. The molecule has 0 aliphatic carbocycles. The summed E-state index contributed by atoms with van der Waals surface area (Å²) in [5.74, 6) is 0. The van der Waals surface area contributed by atoms with Gasteiger partial charge in [0.2, 0.25) is 0 Å². The Morgan fingerprint density at radius 2 is 2.09 bits per heavy atom. The van der Waals surface area contributed by atoms with Gasteiger partial charge in [-0.2, -0.15) is 0 Å². The van der Waals surface area contributed by atoms with Crippen LogP contribution in [-0.4, -0.2) is 0 Å². The Morgan fingerprint density at radius 1 is 1.55 bits per heavy atom. The Labute approximate surface area is 69.3 Å². The summed E-state index contributed by atoms with van der Waals surface area (Å²) in [7, 11) is 0. The van der Waals surface area contributed by atoms with Crippen molar-refractivity contribution in [2.24, 2.45) is 5.73 Å². The van der Waals surface area contributed by atoms with Crippen LogP contribution in [0.4, 0.5) is 0 Å². The maximum atomic E-state index is 5.77. The fourth-order valence-electron chi connectivity index (χ4n) is 1.03. The predicted molar refractivity (Wildman–Crippen MR) is 51.1 cm³/mol. The van der Waals surface area contributed by atoms with E-state index in [2.05, 4.69) is 13.5 Å². The van der Waals surface area contributed by atoms with Gasteiger partial charge >= 0.3 is 0 Å². The van der Waals surface area contributed by atoms with Crippen LogP contribution in [0.5, 0.6) is 0 Å². The van der Waals surface area contributed by atoms with Crippen LogP contribution in [0.25, 0.3) is 0 Å². The van der Waals surface area contributed by atoms with Crippen molar-refractivity contribution < 1.29 is 0 Å². The van der Waals surface area contributed by atoms with E-state index in [1.165, 1.54) is 0 Å². The molecule has 0 radical (unpaired) electrons. The third-order valence-electron chi connectivity index (χ3n) is 1.56. The fraction of sp³-hybridized carbons (Fsp3) is 0.400. The number of allylic oxidation sites excluding steroid dienone is 4. The molecule has 0 bridgehead atoms. The first kappa shape index (κ1) is 10.0. The fourth-order valence-corrected chi connectivity index (χ4v) is 1.03. The lowest BCUT2D eigenvalue weighted by molar-refractivity contribution is 1.07. The molecule has 0 aromatic rings. The van der Waals surface area contributed by atoms with Crippen molar-refractivity contribution in [3.05, 3.63) is 35.6 Å². The lowest BCUT2D eigenvalue weighted by Gasteiger charge is -2.05. The lowest BCUT2D eigenvalue weighted by Crippen LogP contribution is -1.99. The molecule has 0 amide bonds. The van der Waals surface area contributed by atoms with Crippen molar-refractivity contribution in [2.45, 2.75) is 27.2 Å². The van der Waals surface area contributed by atoms with Crippen LogP contribution < -0.4 is 5.73 Å². The van der Waals surface area contributed by atoms with E-state index in [1.807, 2.05) is 26.0 Å². The maximum absolute atomic E-state index is 5.77. The van der Waals surface area contributed by atoms with Crippen molar-refractivity contribution in [1.82, 2.24) is 0 Å². The number of hydrogen-bond donors (Lipinski definition) is 1. The highest BCUT2D eigenvalue weighted by Gasteiger charge is 1.97. The Bertz CT molecular complexity index is 197. The zero-order valence-electron chi connectivity index (χ0n) is 7.65. The van der Waals surface area contributed by atoms with Gasteiger partial charge in [-0.05, 0) is 31.9 Å². The van der Waals surface area contributed by atoms with E-state index in [0.29, 0.717) is 0 Å². The minimum Gasteiger partial charge on any atom is -0.399 e. The Hall–Kier alpha value is -0.980. The number of nitrogens with two attached hydrogens (primary N) is 1. The first-order valence-electron chi connectivity index (χ1n) is 3.90. The number of rotatable bonds is 3. The van der Waals surface area contributed by atoms with E-state index in [9.17, 15) is 0 Å². The van der Waals surface area contributed by atoms with Crippen LogP contribution in [0, 0.1) is 0 Å². The maximum Gasteiger partial charge on any atom is 0.0345 e. The molecule has 11 heavy (non-hydrogen) atoms. The summed E-state index contributed by atoms with van der Waals surface area (Å²) < 4.78 is 0. The Kier molecular flexibility index (Phi) is 4.35. The second-order valence-corrected chi connectivity index (χ2v) is 2.57.